The number of benzene rings is 2. The third-order valence-corrected chi connectivity index (χ3v) is 4.59. The molecular weight excluding hydrogens is 292 g/mol. The van der Waals surface area contributed by atoms with Gasteiger partial charge in [0.15, 0.2) is 5.78 Å². The molecule has 1 heteroatoms. The second-order valence-corrected chi connectivity index (χ2v) is 6.13. The minimum absolute atomic E-state index is 0.136. The summed E-state index contributed by atoms with van der Waals surface area (Å²) in [5.41, 5.74) is 6.29. The summed E-state index contributed by atoms with van der Waals surface area (Å²) >= 11 is 0. The fourth-order valence-electron chi connectivity index (χ4n) is 3.35. The summed E-state index contributed by atoms with van der Waals surface area (Å²) in [5.74, 6) is 0.136. The summed E-state index contributed by atoms with van der Waals surface area (Å²) in [6.07, 6.45) is 12.1. The summed E-state index contributed by atoms with van der Waals surface area (Å²) in [5, 5.41) is 0. The van der Waals surface area contributed by atoms with Crippen LogP contribution in [0.2, 0.25) is 0 Å². The van der Waals surface area contributed by atoms with Crippen LogP contribution in [-0.4, -0.2) is 5.78 Å². The summed E-state index contributed by atoms with van der Waals surface area (Å²) in [6, 6.07) is 18.2. The lowest BCUT2D eigenvalue weighted by Gasteiger charge is -2.20. The maximum atomic E-state index is 13.0. The quantitative estimate of drug-likeness (QED) is 0.686. The van der Waals surface area contributed by atoms with Gasteiger partial charge >= 0.3 is 0 Å². The minimum atomic E-state index is 0.136. The van der Waals surface area contributed by atoms with Crippen molar-refractivity contribution in [1.29, 1.82) is 0 Å². The summed E-state index contributed by atoms with van der Waals surface area (Å²) in [6.45, 7) is 0. The van der Waals surface area contributed by atoms with E-state index >= 15 is 0 Å². The first-order valence-corrected chi connectivity index (χ1v) is 8.28. The van der Waals surface area contributed by atoms with Crippen LogP contribution in [0.15, 0.2) is 95.6 Å². The van der Waals surface area contributed by atoms with E-state index in [1.54, 1.807) is 0 Å². The van der Waals surface area contributed by atoms with Gasteiger partial charge in [-0.3, -0.25) is 4.79 Å². The minimum Gasteiger partial charge on any atom is -0.289 e. The van der Waals surface area contributed by atoms with E-state index in [4.69, 9.17) is 0 Å². The molecule has 1 nitrogen and oxygen atoms in total. The normalized spacial score (nSPS) is 19.2. The predicted octanol–water partition coefficient (Wildman–Crippen LogP) is 5.32. The van der Waals surface area contributed by atoms with Gasteiger partial charge in [-0.05, 0) is 35.1 Å². The summed E-state index contributed by atoms with van der Waals surface area (Å²) < 4.78 is 0. The van der Waals surface area contributed by atoms with Gasteiger partial charge in [0.25, 0.3) is 0 Å². The molecule has 0 heterocycles. The first-order chi connectivity index (χ1) is 11.8. The molecule has 0 saturated carbocycles. The molecule has 0 saturated heterocycles. The lowest BCUT2D eigenvalue weighted by molar-refractivity contribution is 0.103. The molecule has 0 N–H and O–H groups in total. The van der Waals surface area contributed by atoms with E-state index in [-0.39, 0.29) is 5.78 Å². The second-order valence-electron chi connectivity index (χ2n) is 6.13. The Balaban J connectivity index is 1.75. The third-order valence-electron chi connectivity index (χ3n) is 4.59. The van der Waals surface area contributed by atoms with Crippen molar-refractivity contribution >= 4 is 11.9 Å². The van der Waals surface area contributed by atoms with Crippen molar-refractivity contribution in [1.82, 2.24) is 0 Å². The fourth-order valence-corrected chi connectivity index (χ4v) is 3.35. The molecule has 24 heavy (non-hydrogen) atoms. The van der Waals surface area contributed by atoms with Crippen LogP contribution in [-0.2, 0) is 6.42 Å². The highest BCUT2D eigenvalue weighted by molar-refractivity contribution is 6.16. The molecule has 0 aliphatic heterocycles. The Morgan fingerprint density at radius 1 is 0.875 bits per heavy atom. The molecular formula is C23H18O. The molecule has 0 radical (unpaired) electrons. The van der Waals surface area contributed by atoms with Crippen molar-refractivity contribution in [2.24, 2.45) is 0 Å². The van der Waals surface area contributed by atoms with Gasteiger partial charge in [-0.25, -0.2) is 0 Å². The molecule has 0 unspecified atom stereocenters. The molecule has 0 aromatic heterocycles. The van der Waals surface area contributed by atoms with E-state index in [2.05, 4.69) is 48.6 Å². The number of ketones is 1. The van der Waals surface area contributed by atoms with Crippen LogP contribution in [0, 0.1) is 0 Å². The van der Waals surface area contributed by atoms with Gasteiger partial charge < -0.3 is 0 Å². The van der Waals surface area contributed by atoms with Crippen molar-refractivity contribution in [3.63, 3.8) is 0 Å². The second kappa shape index (κ2) is 6.29. The van der Waals surface area contributed by atoms with Crippen LogP contribution >= 0.6 is 0 Å². The Morgan fingerprint density at radius 2 is 1.67 bits per heavy atom. The number of carbonyl (C=O) groups excluding carboxylic acids is 1. The first-order valence-electron chi connectivity index (χ1n) is 8.28. The molecule has 2 aliphatic rings. The van der Waals surface area contributed by atoms with Crippen molar-refractivity contribution in [2.45, 2.75) is 12.8 Å². The van der Waals surface area contributed by atoms with Gasteiger partial charge in [-0.15, -0.1) is 0 Å². The largest absolute Gasteiger partial charge is 0.289 e. The number of allylic oxidation sites excluding steroid dienone is 7. The van der Waals surface area contributed by atoms with Crippen LogP contribution in [0.5, 0.6) is 0 Å². The fraction of sp³-hybridized carbons (Fsp3) is 0.0870. The molecule has 4 rings (SSSR count). The molecule has 0 spiro atoms. The first kappa shape index (κ1) is 14.6. The van der Waals surface area contributed by atoms with E-state index in [1.807, 2.05) is 36.4 Å². The smallest absolute Gasteiger partial charge is 0.193 e. The molecule has 0 fully saturated rings. The lowest BCUT2D eigenvalue weighted by Crippen LogP contribution is -2.12. The predicted molar refractivity (Wildman–Crippen MR) is 98.8 cm³/mol. The number of fused-ring (bicyclic) bond motifs is 1. The Hall–Kier alpha value is -2.93. The van der Waals surface area contributed by atoms with Crippen molar-refractivity contribution in [3.05, 3.63) is 112 Å². The number of hydrogen-bond acceptors (Lipinski definition) is 1. The highest BCUT2D eigenvalue weighted by Crippen LogP contribution is 2.32. The SMILES string of the molecule is O=C1/C(=C2\CC=CC=C2Cc2ccccc2)C=Cc2ccccc21. The molecule has 116 valence electrons. The van der Waals surface area contributed by atoms with E-state index in [9.17, 15) is 4.79 Å². The maximum absolute atomic E-state index is 13.0. The van der Waals surface area contributed by atoms with Crippen LogP contribution in [0.25, 0.3) is 6.08 Å². The zero-order valence-corrected chi connectivity index (χ0v) is 13.4. The highest BCUT2D eigenvalue weighted by Gasteiger charge is 2.22. The monoisotopic (exact) mass is 310 g/mol. The van der Waals surface area contributed by atoms with Crippen LogP contribution in [0.3, 0.4) is 0 Å². The summed E-state index contributed by atoms with van der Waals surface area (Å²) in [7, 11) is 0. The topological polar surface area (TPSA) is 17.1 Å². The highest BCUT2D eigenvalue weighted by atomic mass is 16.1. The summed E-state index contributed by atoms with van der Waals surface area (Å²) in [4.78, 5) is 13.0. The van der Waals surface area contributed by atoms with E-state index in [0.29, 0.717) is 0 Å². The molecule has 0 atom stereocenters. The van der Waals surface area contributed by atoms with Crippen LogP contribution in [0.1, 0.15) is 27.9 Å². The zero-order valence-electron chi connectivity index (χ0n) is 13.4. The van der Waals surface area contributed by atoms with Crippen molar-refractivity contribution in [2.75, 3.05) is 0 Å². The van der Waals surface area contributed by atoms with Gasteiger partial charge in [-0.1, -0.05) is 85.0 Å². The third kappa shape index (κ3) is 2.69. The number of rotatable bonds is 2. The van der Waals surface area contributed by atoms with Crippen molar-refractivity contribution < 1.29 is 4.79 Å². The molecule has 0 amide bonds. The Kier molecular flexibility index (Phi) is 3.84. The van der Waals surface area contributed by atoms with E-state index < -0.39 is 0 Å². The number of hydrogen-bond donors (Lipinski definition) is 0. The number of carbonyl (C=O) groups is 1. The zero-order chi connectivity index (χ0) is 16.4. The van der Waals surface area contributed by atoms with E-state index in [0.717, 1.165) is 35.1 Å². The van der Waals surface area contributed by atoms with Gasteiger partial charge in [0.2, 0.25) is 0 Å². The molecule has 2 aromatic carbocycles. The number of Topliss-reactive ketones (excluding diaryl/α,β-unsaturated/α-hetero) is 1. The van der Waals surface area contributed by atoms with Gasteiger partial charge in [0.1, 0.15) is 0 Å². The van der Waals surface area contributed by atoms with Crippen LogP contribution in [0.4, 0.5) is 0 Å². The maximum Gasteiger partial charge on any atom is 0.193 e. The van der Waals surface area contributed by atoms with Gasteiger partial charge in [0.05, 0.1) is 0 Å². The Labute approximate surface area is 142 Å². The lowest BCUT2D eigenvalue weighted by atomic mass is 9.83. The average Bonchev–Trinajstić information content (AvgIpc) is 2.64. The molecule has 2 aromatic rings. The Morgan fingerprint density at radius 3 is 2.54 bits per heavy atom. The molecule has 0 bridgehead atoms. The standard InChI is InChI=1S/C23H18O/c24-23-21-13-7-4-10-18(21)14-15-22(23)20-12-6-5-11-19(20)16-17-8-2-1-3-9-17/h1-11,13-15H,12,16H2/b22-20+. The van der Waals surface area contributed by atoms with E-state index in [1.165, 1.54) is 11.1 Å². The van der Waals surface area contributed by atoms with Gasteiger partial charge in [-0.2, -0.15) is 0 Å². The Bertz CT molecular complexity index is 908. The van der Waals surface area contributed by atoms with Gasteiger partial charge in [0, 0.05) is 11.1 Å². The molecule has 2 aliphatic carbocycles. The van der Waals surface area contributed by atoms with Crippen LogP contribution < -0.4 is 0 Å². The van der Waals surface area contributed by atoms with Crippen molar-refractivity contribution in [3.8, 4) is 0 Å². The average molecular weight is 310 g/mol.